The highest BCUT2D eigenvalue weighted by atomic mass is 16.2. The Labute approximate surface area is 131 Å². The normalized spacial score (nSPS) is 23.3. The summed E-state index contributed by atoms with van der Waals surface area (Å²) in [7, 11) is 0. The summed E-state index contributed by atoms with van der Waals surface area (Å²) in [6.45, 7) is 0. The molecule has 0 aromatic carbocycles. The first-order valence-corrected chi connectivity index (χ1v) is 8.01. The number of nitrogens with one attached hydrogen (secondary N) is 2. The monoisotopic (exact) mass is 308 g/mol. The molecule has 6 heteroatoms. The Kier molecular flexibility index (Phi) is 2.48. The van der Waals surface area contributed by atoms with Crippen LogP contribution in [0.15, 0.2) is 40.2 Å². The Bertz CT molecular complexity index is 1020. The molecule has 0 bridgehead atoms. The fraction of sp³-hybridized carbons (Fsp3) is 0.353. The van der Waals surface area contributed by atoms with Gasteiger partial charge in [0.25, 0.3) is 5.56 Å². The standard InChI is InChI=1S/C17H16N4O2/c22-16-13(8-18-17(23)19-16)14-7-12(11-6-10(11)9-3-4-9)15-2-1-5-21(15)20-14/h1-2,5,7-11H,3-4,6H2,(H2,18,19,22,23)/t10-,11+/m0/s1. The summed E-state index contributed by atoms with van der Waals surface area (Å²) >= 11 is 0. The fourth-order valence-electron chi connectivity index (χ4n) is 3.70. The predicted octanol–water partition coefficient (Wildman–Crippen LogP) is 1.89. The predicted molar refractivity (Wildman–Crippen MR) is 85.4 cm³/mol. The van der Waals surface area contributed by atoms with Gasteiger partial charge in [0.15, 0.2) is 0 Å². The zero-order valence-corrected chi connectivity index (χ0v) is 12.5. The molecular weight excluding hydrogens is 292 g/mol. The molecule has 0 aliphatic heterocycles. The number of rotatable bonds is 3. The van der Waals surface area contributed by atoms with E-state index in [4.69, 9.17) is 0 Å². The molecule has 0 amide bonds. The van der Waals surface area contributed by atoms with Crippen molar-refractivity contribution in [3.63, 3.8) is 0 Å². The minimum absolute atomic E-state index is 0.394. The summed E-state index contributed by atoms with van der Waals surface area (Å²) in [5.41, 5.74) is 2.46. The Morgan fingerprint density at radius 2 is 2.13 bits per heavy atom. The Hall–Kier alpha value is -2.63. The zero-order chi connectivity index (χ0) is 15.6. The van der Waals surface area contributed by atoms with Crippen molar-refractivity contribution in [2.24, 2.45) is 11.8 Å². The highest BCUT2D eigenvalue weighted by Gasteiger charge is 2.48. The lowest BCUT2D eigenvalue weighted by atomic mass is 10.1. The second-order valence-corrected chi connectivity index (χ2v) is 6.65. The van der Waals surface area contributed by atoms with Gasteiger partial charge in [0.05, 0.1) is 16.8 Å². The van der Waals surface area contributed by atoms with Crippen LogP contribution in [0.2, 0.25) is 0 Å². The van der Waals surface area contributed by atoms with Gasteiger partial charge in [0.2, 0.25) is 0 Å². The van der Waals surface area contributed by atoms with Crippen molar-refractivity contribution in [2.45, 2.75) is 25.2 Å². The third kappa shape index (κ3) is 2.05. The molecule has 2 atom stereocenters. The van der Waals surface area contributed by atoms with Crippen molar-refractivity contribution in [1.82, 2.24) is 19.6 Å². The third-order valence-electron chi connectivity index (χ3n) is 5.09. The Morgan fingerprint density at radius 1 is 1.26 bits per heavy atom. The van der Waals surface area contributed by atoms with Crippen molar-refractivity contribution in [3.05, 3.63) is 57.0 Å². The SMILES string of the molecule is O=c1[nH]cc(-c2cc([C@@H]3C[C@H]3C3CC3)c3cccn3n2)c(=O)[nH]1. The molecule has 2 aliphatic rings. The molecule has 2 aliphatic carbocycles. The van der Waals surface area contributed by atoms with Crippen molar-refractivity contribution in [1.29, 1.82) is 0 Å². The van der Waals surface area contributed by atoms with Gasteiger partial charge in [-0.1, -0.05) is 0 Å². The van der Waals surface area contributed by atoms with Crippen LogP contribution in [0, 0.1) is 11.8 Å². The van der Waals surface area contributed by atoms with E-state index in [-0.39, 0.29) is 0 Å². The van der Waals surface area contributed by atoms with Crippen LogP contribution in [-0.2, 0) is 0 Å². The second-order valence-electron chi connectivity index (χ2n) is 6.65. The molecule has 0 unspecified atom stereocenters. The first-order chi connectivity index (χ1) is 11.2. The average molecular weight is 308 g/mol. The molecule has 116 valence electrons. The molecule has 0 saturated heterocycles. The number of aromatic nitrogens is 4. The van der Waals surface area contributed by atoms with Gasteiger partial charge in [0, 0.05) is 12.4 Å². The third-order valence-corrected chi connectivity index (χ3v) is 5.09. The van der Waals surface area contributed by atoms with Gasteiger partial charge < -0.3 is 4.98 Å². The summed E-state index contributed by atoms with van der Waals surface area (Å²) in [6.07, 6.45) is 7.29. The van der Waals surface area contributed by atoms with E-state index in [9.17, 15) is 9.59 Å². The fourth-order valence-corrected chi connectivity index (χ4v) is 3.70. The number of aromatic amines is 2. The van der Waals surface area contributed by atoms with Crippen LogP contribution in [0.25, 0.3) is 16.8 Å². The van der Waals surface area contributed by atoms with Gasteiger partial charge in [0.1, 0.15) is 0 Å². The molecule has 6 nitrogen and oxygen atoms in total. The molecule has 3 aromatic heterocycles. The molecular formula is C17H16N4O2. The lowest BCUT2D eigenvalue weighted by Gasteiger charge is -2.08. The largest absolute Gasteiger partial charge is 0.325 e. The van der Waals surface area contributed by atoms with E-state index >= 15 is 0 Å². The molecule has 0 spiro atoms. The number of H-pyrrole nitrogens is 2. The molecule has 0 radical (unpaired) electrons. The van der Waals surface area contributed by atoms with Crippen LogP contribution in [0.3, 0.4) is 0 Å². The molecule has 2 N–H and O–H groups in total. The number of fused-ring (bicyclic) bond motifs is 1. The summed E-state index contributed by atoms with van der Waals surface area (Å²) < 4.78 is 1.83. The minimum atomic E-state index is -0.503. The van der Waals surface area contributed by atoms with Crippen molar-refractivity contribution in [2.75, 3.05) is 0 Å². The van der Waals surface area contributed by atoms with Gasteiger partial charge in [-0.2, -0.15) is 5.10 Å². The van der Waals surface area contributed by atoms with Crippen LogP contribution in [-0.4, -0.2) is 19.6 Å². The molecule has 2 saturated carbocycles. The topological polar surface area (TPSA) is 83.0 Å². The van der Waals surface area contributed by atoms with Gasteiger partial charge in [-0.15, -0.1) is 0 Å². The number of nitrogens with zero attached hydrogens (tertiary/aromatic N) is 2. The van der Waals surface area contributed by atoms with Crippen LogP contribution >= 0.6 is 0 Å². The maximum Gasteiger partial charge on any atom is 0.325 e. The molecule has 2 fully saturated rings. The number of hydrogen-bond acceptors (Lipinski definition) is 3. The van der Waals surface area contributed by atoms with Crippen LogP contribution < -0.4 is 11.2 Å². The molecule has 3 heterocycles. The van der Waals surface area contributed by atoms with Gasteiger partial charge >= 0.3 is 5.69 Å². The van der Waals surface area contributed by atoms with Crippen LogP contribution in [0.5, 0.6) is 0 Å². The first kappa shape index (κ1) is 12.9. The first-order valence-electron chi connectivity index (χ1n) is 8.01. The van der Waals surface area contributed by atoms with Crippen molar-refractivity contribution >= 4 is 5.52 Å². The van der Waals surface area contributed by atoms with E-state index in [0.717, 1.165) is 17.4 Å². The van der Waals surface area contributed by atoms with Crippen LogP contribution in [0.4, 0.5) is 0 Å². The quantitative estimate of drug-likeness (QED) is 0.775. The second kappa shape index (κ2) is 4.44. The smallest absolute Gasteiger partial charge is 0.313 e. The van der Waals surface area contributed by atoms with Gasteiger partial charge in [-0.3, -0.25) is 9.78 Å². The lowest BCUT2D eigenvalue weighted by molar-refractivity contribution is 0.690. The summed E-state index contributed by atoms with van der Waals surface area (Å²) in [5.74, 6) is 2.25. The van der Waals surface area contributed by atoms with E-state index in [1.807, 2.05) is 22.8 Å². The van der Waals surface area contributed by atoms with E-state index in [0.29, 0.717) is 17.2 Å². The van der Waals surface area contributed by atoms with Gasteiger partial charge in [-0.05, 0) is 60.8 Å². The number of hydrogen-bond donors (Lipinski definition) is 2. The van der Waals surface area contributed by atoms with Crippen molar-refractivity contribution in [3.8, 4) is 11.3 Å². The Balaban J connectivity index is 1.67. The maximum absolute atomic E-state index is 12.1. The van der Waals surface area contributed by atoms with E-state index < -0.39 is 11.2 Å². The van der Waals surface area contributed by atoms with Crippen LogP contribution in [0.1, 0.15) is 30.7 Å². The zero-order valence-electron chi connectivity index (χ0n) is 12.5. The summed E-state index contributed by atoms with van der Waals surface area (Å²) in [6, 6.07) is 6.07. The highest BCUT2D eigenvalue weighted by molar-refractivity contribution is 5.65. The highest BCUT2D eigenvalue weighted by Crippen LogP contribution is 2.60. The molecule has 23 heavy (non-hydrogen) atoms. The molecule has 5 rings (SSSR count). The van der Waals surface area contributed by atoms with Gasteiger partial charge in [-0.25, -0.2) is 9.31 Å². The van der Waals surface area contributed by atoms with E-state index in [1.165, 1.54) is 31.0 Å². The minimum Gasteiger partial charge on any atom is -0.313 e. The molecule has 3 aromatic rings. The Morgan fingerprint density at radius 3 is 2.91 bits per heavy atom. The maximum atomic E-state index is 12.1. The lowest BCUT2D eigenvalue weighted by Crippen LogP contribution is -2.23. The summed E-state index contributed by atoms with van der Waals surface area (Å²) in [5, 5.41) is 4.53. The van der Waals surface area contributed by atoms with E-state index in [2.05, 4.69) is 21.1 Å². The van der Waals surface area contributed by atoms with Crippen molar-refractivity contribution < 1.29 is 0 Å². The summed E-state index contributed by atoms with van der Waals surface area (Å²) in [4.78, 5) is 28.1. The average Bonchev–Trinajstić information content (AvgIpc) is 3.42. The van der Waals surface area contributed by atoms with E-state index in [1.54, 1.807) is 0 Å².